The molecule has 5 heteroatoms. The second-order valence-electron chi connectivity index (χ2n) is 3.82. The molecular formula is C10H20N2O2S. The number of rotatable bonds is 4. The minimum Gasteiger partial charge on any atom is -0.380 e. The molecule has 2 N–H and O–H groups in total. The van der Waals surface area contributed by atoms with Crippen LogP contribution in [-0.2, 0) is 9.53 Å². The van der Waals surface area contributed by atoms with Crippen LogP contribution in [0.5, 0.6) is 0 Å². The molecule has 0 bridgehead atoms. The van der Waals surface area contributed by atoms with E-state index in [9.17, 15) is 4.79 Å². The van der Waals surface area contributed by atoms with E-state index >= 15 is 0 Å². The minimum absolute atomic E-state index is 0.137. The number of nitrogens with two attached hydrogens (primary N) is 1. The lowest BCUT2D eigenvalue weighted by Gasteiger charge is -2.31. The van der Waals surface area contributed by atoms with Crippen molar-refractivity contribution in [1.82, 2.24) is 4.90 Å². The average molecular weight is 232 g/mol. The summed E-state index contributed by atoms with van der Waals surface area (Å²) in [6, 6.07) is 0. The molecule has 1 rings (SSSR count). The van der Waals surface area contributed by atoms with Crippen molar-refractivity contribution in [2.75, 3.05) is 32.5 Å². The van der Waals surface area contributed by atoms with Crippen molar-refractivity contribution >= 4 is 17.7 Å². The Morgan fingerprint density at radius 3 is 3.00 bits per heavy atom. The summed E-state index contributed by atoms with van der Waals surface area (Å²) in [5.74, 6) is 1.20. The Morgan fingerprint density at radius 2 is 2.47 bits per heavy atom. The summed E-state index contributed by atoms with van der Waals surface area (Å²) in [6.45, 7) is 4.26. The molecule has 1 aliphatic rings. The fourth-order valence-electron chi connectivity index (χ4n) is 1.63. The van der Waals surface area contributed by atoms with E-state index in [2.05, 4.69) is 6.92 Å². The Hall–Kier alpha value is -0.260. The lowest BCUT2D eigenvalue weighted by molar-refractivity contribution is -0.133. The molecule has 0 saturated carbocycles. The van der Waals surface area contributed by atoms with E-state index in [1.165, 1.54) is 0 Å². The Bertz CT molecular complexity index is 210. The zero-order valence-corrected chi connectivity index (χ0v) is 10.3. The predicted octanol–water partition coefficient (Wildman–Crippen LogP) is 0.314. The van der Waals surface area contributed by atoms with Gasteiger partial charge in [-0.3, -0.25) is 4.79 Å². The van der Waals surface area contributed by atoms with Crippen molar-refractivity contribution < 1.29 is 9.53 Å². The van der Waals surface area contributed by atoms with Gasteiger partial charge in [-0.15, -0.1) is 0 Å². The number of carbonyl (C=O) groups is 1. The van der Waals surface area contributed by atoms with Gasteiger partial charge in [0, 0.05) is 37.7 Å². The first-order chi connectivity index (χ1) is 7.17. The number of hydrogen-bond donors (Lipinski definition) is 1. The molecule has 0 aromatic carbocycles. The van der Waals surface area contributed by atoms with Crippen molar-refractivity contribution in [3.63, 3.8) is 0 Å². The summed E-state index contributed by atoms with van der Waals surface area (Å²) in [7, 11) is 1.60. The summed E-state index contributed by atoms with van der Waals surface area (Å²) in [6.07, 6.45) is 0.270. The third-order valence-corrected chi connectivity index (χ3v) is 3.73. The smallest absolute Gasteiger partial charge is 0.225 e. The van der Waals surface area contributed by atoms with Crippen LogP contribution in [0.15, 0.2) is 0 Å². The molecule has 4 nitrogen and oxygen atoms in total. The monoisotopic (exact) mass is 232 g/mol. The molecular weight excluding hydrogens is 212 g/mol. The Balaban J connectivity index is 2.38. The second kappa shape index (κ2) is 6.35. The van der Waals surface area contributed by atoms with Crippen molar-refractivity contribution in [3.05, 3.63) is 0 Å². The highest BCUT2D eigenvalue weighted by atomic mass is 32.2. The van der Waals surface area contributed by atoms with E-state index in [-0.39, 0.29) is 12.0 Å². The third-order valence-electron chi connectivity index (χ3n) is 2.59. The highest BCUT2D eigenvalue weighted by molar-refractivity contribution is 7.99. The van der Waals surface area contributed by atoms with Crippen LogP contribution in [0, 0.1) is 0 Å². The van der Waals surface area contributed by atoms with Gasteiger partial charge in [-0.1, -0.05) is 6.92 Å². The molecule has 1 amide bonds. The molecule has 2 unspecified atom stereocenters. The summed E-state index contributed by atoms with van der Waals surface area (Å²) >= 11 is 1.92. The first-order valence-electron chi connectivity index (χ1n) is 5.29. The van der Waals surface area contributed by atoms with Crippen LogP contribution in [0.2, 0.25) is 0 Å². The molecule has 0 aromatic heterocycles. The van der Waals surface area contributed by atoms with E-state index in [1.54, 1.807) is 7.11 Å². The van der Waals surface area contributed by atoms with Gasteiger partial charge in [-0.25, -0.2) is 0 Å². The largest absolute Gasteiger partial charge is 0.380 e. The fourth-order valence-corrected chi connectivity index (χ4v) is 2.65. The van der Waals surface area contributed by atoms with Crippen LogP contribution in [0.1, 0.15) is 13.3 Å². The van der Waals surface area contributed by atoms with E-state index in [0.717, 1.165) is 18.8 Å². The molecule has 0 aliphatic carbocycles. The summed E-state index contributed by atoms with van der Waals surface area (Å²) in [5, 5.41) is 0.543. The van der Waals surface area contributed by atoms with Gasteiger partial charge in [0.2, 0.25) is 5.91 Å². The van der Waals surface area contributed by atoms with Gasteiger partial charge in [-0.2, -0.15) is 11.8 Å². The van der Waals surface area contributed by atoms with E-state index in [1.807, 2.05) is 16.7 Å². The number of ether oxygens (including phenoxy) is 1. The van der Waals surface area contributed by atoms with Crippen molar-refractivity contribution in [3.8, 4) is 0 Å². The van der Waals surface area contributed by atoms with E-state index in [0.29, 0.717) is 18.2 Å². The van der Waals surface area contributed by atoms with Gasteiger partial charge in [0.15, 0.2) is 0 Å². The maximum absolute atomic E-state index is 11.9. The summed E-state index contributed by atoms with van der Waals surface area (Å²) in [4.78, 5) is 13.8. The van der Waals surface area contributed by atoms with E-state index in [4.69, 9.17) is 10.5 Å². The summed E-state index contributed by atoms with van der Waals surface area (Å²) in [5.41, 5.74) is 5.49. The molecule has 1 fully saturated rings. The van der Waals surface area contributed by atoms with Crippen LogP contribution in [0.4, 0.5) is 0 Å². The van der Waals surface area contributed by atoms with Gasteiger partial charge in [0.05, 0.1) is 12.5 Å². The highest BCUT2D eigenvalue weighted by Gasteiger charge is 2.23. The van der Waals surface area contributed by atoms with Gasteiger partial charge in [0.25, 0.3) is 0 Å². The topological polar surface area (TPSA) is 55.6 Å². The number of methoxy groups -OCH3 is 1. The maximum atomic E-state index is 11.9. The van der Waals surface area contributed by atoms with Crippen molar-refractivity contribution in [2.45, 2.75) is 24.7 Å². The molecule has 1 heterocycles. The molecule has 0 aromatic rings. The quantitative estimate of drug-likeness (QED) is 0.758. The van der Waals surface area contributed by atoms with E-state index < -0.39 is 0 Å². The predicted molar refractivity (Wildman–Crippen MR) is 63.0 cm³/mol. The van der Waals surface area contributed by atoms with Crippen LogP contribution < -0.4 is 5.73 Å². The minimum atomic E-state index is -0.137. The van der Waals surface area contributed by atoms with Crippen LogP contribution in [0.3, 0.4) is 0 Å². The number of amides is 1. The highest BCUT2D eigenvalue weighted by Crippen LogP contribution is 2.18. The summed E-state index contributed by atoms with van der Waals surface area (Å²) < 4.78 is 5.11. The number of nitrogens with zero attached hydrogens (tertiary/aromatic N) is 1. The second-order valence-corrected chi connectivity index (χ2v) is 5.37. The zero-order valence-electron chi connectivity index (χ0n) is 9.44. The fraction of sp³-hybridized carbons (Fsp3) is 0.900. The Kier molecular flexibility index (Phi) is 5.42. The normalized spacial score (nSPS) is 23.9. The molecule has 88 valence electrons. The van der Waals surface area contributed by atoms with Crippen molar-refractivity contribution in [2.24, 2.45) is 5.73 Å². The third kappa shape index (κ3) is 4.01. The standard InChI is InChI=1S/C10H20N2O2S/c1-8-7-12(3-4-15-8)10(13)5-9(6-11)14-2/h8-9H,3-7,11H2,1-2H3. The first-order valence-corrected chi connectivity index (χ1v) is 6.34. The maximum Gasteiger partial charge on any atom is 0.225 e. The lowest BCUT2D eigenvalue weighted by Crippen LogP contribution is -2.43. The van der Waals surface area contributed by atoms with Crippen LogP contribution >= 0.6 is 11.8 Å². The molecule has 15 heavy (non-hydrogen) atoms. The molecule has 1 saturated heterocycles. The van der Waals surface area contributed by atoms with Crippen LogP contribution in [0.25, 0.3) is 0 Å². The number of hydrogen-bond acceptors (Lipinski definition) is 4. The number of carbonyl (C=O) groups excluding carboxylic acids is 1. The van der Waals surface area contributed by atoms with Crippen molar-refractivity contribution in [1.29, 1.82) is 0 Å². The van der Waals surface area contributed by atoms with Gasteiger partial charge >= 0.3 is 0 Å². The molecule has 1 aliphatic heterocycles. The number of thioether (sulfide) groups is 1. The zero-order chi connectivity index (χ0) is 11.3. The van der Waals surface area contributed by atoms with Crippen LogP contribution in [-0.4, -0.2) is 54.7 Å². The first kappa shape index (κ1) is 12.8. The van der Waals surface area contributed by atoms with Gasteiger partial charge in [-0.05, 0) is 0 Å². The molecule has 0 spiro atoms. The SMILES string of the molecule is COC(CN)CC(=O)N1CCSC(C)C1. The van der Waals surface area contributed by atoms with Gasteiger partial charge in [0.1, 0.15) is 0 Å². The van der Waals surface area contributed by atoms with Gasteiger partial charge < -0.3 is 15.4 Å². The molecule has 2 atom stereocenters. The Morgan fingerprint density at radius 1 is 1.73 bits per heavy atom. The average Bonchev–Trinajstić information content (AvgIpc) is 2.25. The lowest BCUT2D eigenvalue weighted by atomic mass is 10.2. The molecule has 0 radical (unpaired) electrons. The Labute approximate surface area is 95.5 Å².